The Morgan fingerprint density at radius 2 is 1.34 bits per heavy atom. The van der Waals surface area contributed by atoms with Crippen LogP contribution in [0.4, 0.5) is 0 Å². The van der Waals surface area contributed by atoms with Crippen LogP contribution in [0.1, 0.15) is 31.2 Å². The number of unbranched alkanes of at least 4 members (excludes halogenated alkanes) is 2. The highest BCUT2D eigenvalue weighted by atomic mass is 16.5. The molecule has 7 N–H and O–H groups in total. The minimum absolute atomic E-state index is 0.0974. The third kappa shape index (κ3) is 16.6. The summed E-state index contributed by atoms with van der Waals surface area (Å²) in [4.78, 5) is 96.5. The van der Waals surface area contributed by atoms with Crippen molar-refractivity contribution < 1.29 is 47.8 Å². The molecule has 47 heavy (non-hydrogen) atoms. The lowest BCUT2D eigenvalue weighted by Crippen LogP contribution is -2.52. The Bertz CT molecular complexity index is 1270. The molecule has 1 aromatic carbocycles. The fourth-order valence-corrected chi connectivity index (χ4v) is 4.04. The normalized spacial score (nSPS) is 12.7. The van der Waals surface area contributed by atoms with E-state index in [0.717, 1.165) is 10.5 Å². The number of primary amides is 1. The van der Waals surface area contributed by atoms with Crippen LogP contribution in [0.3, 0.4) is 0 Å². The minimum atomic E-state index is -1.06. The first-order chi connectivity index (χ1) is 22.5. The topological polar surface area (TPSA) is 244 Å². The van der Waals surface area contributed by atoms with E-state index in [4.69, 9.17) is 15.2 Å². The van der Waals surface area contributed by atoms with Gasteiger partial charge in [0.2, 0.25) is 35.4 Å². The maximum Gasteiger partial charge on any atom is 0.253 e. The van der Waals surface area contributed by atoms with E-state index in [1.165, 1.54) is 12.2 Å². The fraction of sp³-hybridized carbons (Fsp3) is 0.467. The van der Waals surface area contributed by atoms with Crippen LogP contribution in [-0.2, 0) is 54.3 Å². The first kappa shape index (κ1) is 38.0. The summed E-state index contributed by atoms with van der Waals surface area (Å²) in [5.74, 6) is -4.16. The lowest BCUT2D eigenvalue weighted by atomic mass is 10.1. The summed E-state index contributed by atoms with van der Waals surface area (Å²) in [6, 6.07) is 7.79. The number of benzene rings is 1. The van der Waals surface area contributed by atoms with Gasteiger partial charge in [0.25, 0.3) is 11.8 Å². The van der Waals surface area contributed by atoms with Gasteiger partial charge in [-0.05, 0) is 18.4 Å². The lowest BCUT2D eigenvalue weighted by Gasteiger charge is -2.19. The number of rotatable bonds is 23. The standard InChI is InChI=1S/C30H41N7O10/c31-23(38)19-46-13-14-47-20-35-26(41)17-34-30(45)22(15-21-7-3-1-4-8-21)36-27(42)18-33-25(40)16-32-24(39)9-5-2-6-12-37-28(43)10-11-29(37)44/h1,3-4,7-8,10-11,22H,2,5-6,9,12-20H2,(H2,31,38)(H,32,39)(H,33,40)(H,34,45)(H,35,41)(H,36,42)/t22-/m0/s1. The van der Waals surface area contributed by atoms with Crippen LogP contribution in [-0.4, -0.2) is 111 Å². The monoisotopic (exact) mass is 659 g/mol. The second-order valence-corrected chi connectivity index (χ2v) is 10.2. The van der Waals surface area contributed by atoms with Crippen LogP contribution >= 0.6 is 0 Å². The number of hydrogen-bond acceptors (Lipinski definition) is 10. The van der Waals surface area contributed by atoms with E-state index < -0.39 is 48.7 Å². The van der Waals surface area contributed by atoms with Gasteiger partial charge >= 0.3 is 0 Å². The molecule has 0 radical (unpaired) electrons. The highest BCUT2D eigenvalue weighted by Gasteiger charge is 2.23. The van der Waals surface area contributed by atoms with Crippen LogP contribution in [0.2, 0.25) is 0 Å². The number of carbonyl (C=O) groups excluding carboxylic acids is 8. The number of amides is 8. The Morgan fingerprint density at radius 1 is 0.723 bits per heavy atom. The second-order valence-electron chi connectivity index (χ2n) is 10.2. The summed E-state index contributed by atoms with van der Waals surface area (Å²) >= 11 is 0. The maximum absolute atomic E-state index is 12.9. The van der Waals surface area contributed by atoms with E-state index in [0.29, 0.717) is 19.3 Å². The number of nitrogens with two attached hydrogens (primary N) is 1. The van der Waals surface area contributed by atoms with Gasteiger partial charge in [-0.25, -0.2) is 0 Å². The van der Waals surface area contributed by atoms with Crippen molar-refractivity contribution in [2.45, 2.75) is 38.1 Å². The molecule has 1 heterocycles. The number of imide groups is 1. The average molecular weight is 660 g/mol. The SMILES string of the molecule is NC(=O)COCCOCNC(=O)CNC(=O)[C@H](Cc1ccccc1)NC(=O)CNC(=O)CNC(=O)CCCCCN1C(=O)C=CC1=O. The van der Waals surface area contributed by atoms with Crippen LogP contribution < -0.4 is 32.3 Å². The van der Waals surface area contributed by atoms with Crippen molar-refractivity contribution in [3.8, 4) is 0 Å². The molecule has 8 amide bonds. The van der Waals surface area contributed by atoms with E-state index in [1.54, 1.807) is 30.3 Å². The molecule has 17 heteroatoms. The average Bonchev–Trinajstić information content (AvgIpc) is 3.37. The number of nitrogens with zero attached hydrogens (tertiary/aromatic N) is 1. The zero-order valence-corrected chi connectivity index (χ0v) is 25.9. The number of carbonyl (C=O) groups is 8. The summed E-state index contributed by atoms with van der Waals surface area (Å²) in [6.07, 6.45) is 4.32. The molecule has 1 aliphatic rings. The number of nitrogens with one attached hydrogen (secondary N) is 5. The molecular formula is C30H41N7O10. The molecular weight excluding hydrogens is 618 g/mol. The van der Waals surface area contributed by atoms with Gasteiger partial charge in [0.15, 0.2) is 0 Å². The Labute approximate surface area is 271 Å². The van der Waals surface area contributed by atoms with E-state index >= 15 is 0 Å². The van der Waals surface area contributed by atoms with E-state index in [2.05, 4.69) is 26.6 Å². The first-order valence-corrected chi connectivity index (χ1v) is 14.9. The molecule has 1 aliphatic heterocycles. The van der Waals surface area contributed by atoms with Gasteiger partial charge in [0.05, 0.1) is 32.8 Å². The van der Waals surface area contributed by atoms with Gasteiger partial charge in [0, 0.05) is 31.5 Å². The highest BCUT2D eigenvalue weighted by molar-refractivity contribution is 6.12. The van der Waals surface area contributed by atoms with Crippen molar-refractivity contribution in [1.29, 1.82) is 0 Å². The molecule has 0 saturated heterocycles. The number of hydrogen-bond donors (Lipinski definition) is 6. The van der Waals surface area contributed by atoms with Crippen molar-refractivity contribution in [2.75, 3.05) is 52.7 Å². The quantitative estimate of drug-likeness (QED) is 0.0399. The van der Waals surface area contributed by atoms with Crippen LogP contribution in [0.25, 0.3) is 0 Å². The van der Waals surface area contributed by atoms with Crippen LogP contribution in [0.5, 0.6) is 0 Å². The highest BCUT2D eigenvalue weighted by Crippen LogP contribution is 2.08. The Hall–Kier alpha value is -5.16. The fourth-order valence-electron chi connectivity index (χ4n) is 4.04. The molecule has 2 rings (SSSR count). The smallest absolute Gasteiger partial charge is 0.253 e. The molecule has 0 unspecified atom stereocenters. The van der Waals surface area contributed by atoms with Crippen molar-refractivity contribution >= 4 is 47.3 Å². The predicted octanol–water partition coefficient (Wildman–Crippen LogP) is -2.86. The molecule has 0 aromatic heterocycles. The Balaban J connectivity index is 1.67. The van der Waals surface area contributed by atoms with Gasteiger partial charge in [0.1, 0.15) is 19.4 Å². The number of ether oxygens (including phenoxy) is 2. The summed E-state index contributed by atoms with van der Waals surface area (Å²) in [5.41, 5.74) is 5.68. The van der Waals surface area contributed by atoms with Gasteiger partial charge in [-0.1, -0.05) is 36.8 Å². The van der Waals surface area contributed by atoms with E-state index in [-0.39, 0.29) is 70.2 Å². The van der Waals surface area contributed by atoms with Crippen molar-refractivity contribution in [2.24, 2.45) is 5.73 Å². The molecule has 0 bridgehead atoms. The van der Waals surface area contributed by atoms with E-state index in [1.807, 2.05) is 0 Å². The lowest BCUT2D eigenvalue weighted by molar-refractivity contribution is -0.137. The zero-order chi connectivity index (χ0) is 34.4. The summed E-state index contributed by atoms with van der Waals surface area (Å²) in [6.45, 7) is -1.16. The molecule has 1 aromatic rings. The van der Waals surface area contributed by atoms with Gasteiger partial charge in [-0.15, -0.1) is 0 Å². The molecule has 0 spiro atoms. The molecule has 1 atom stereocenters. The van der Waals surface area contributed by atoms with Gasteiger partial charge in [-0.2, -0.15) is 0 Å². The predicted molar refractivity (Wildman–Crippen MR) is 164 cm³/mol. The zero-order valence-electron chi connectivity index (χ0n) is 25.9. The van der Waals surface area contributed by atoms with Gasteiger partial charge in [-0.3, -0.25) is 43.3 Å². The van der Waals surface area contributed by atoms with Crippen molar-refractivity contribution in [3.05, 3.63) is 48.0 Å². The largest absolute Gasteiger partial charge is 0.369 e. The van der Waals surface area contributed by atoms with Gasteiger partial charge < -0.3 is 41.8 Å². The van der Waals surface area contributed by atoms with Crippen molar-refractivity contribution in [3.63, 3.8) is 0 Å². The van der Waals surface area contributed by atoms with Crippen LogP contribution in [0, 0.1) is 0 Å². The first-order valence-electron chi connectivity index (χ1n) is 14.9. The summed E-state index contributed by atoms with van der Waals surface area (Å²) in [5, 5.41) is 12.3. The minimum Gasteiger partial charge on any atom is -0.369 e. The molecule has 256 valence electrons. The molecule has 17 nitrogen and oxygen atoms in total. The van der Waals surface area contributed by atoms with E-state index in [9.17, 15) is 38.4 Å². The molecule has 0 fully saturated rings. The molecule has 0 aliphatic carbocycles. The van der Waals surface area contributed by atoms with Crippen molar-refractivity contribution in [1.82, 2.24) is 31.5 Å². The summed E-state index contributed by atoms with van der Waals surface area (Å²) in [7, 11) is 0. The Morgan fingerprint density at radius 3 is 2.04 bits per heavy atom. The third-order valence-corrected chi connectivity index (χ3v) is 6.42. The second kappa shape index (κ2) is 21.6. The maximum atomic E-state index is 12.9. The van der Waals surface area contributed by atoms with Crippen LogP contribution in [0.15, 0.2) is 42.5 Å². The Kier molecular flexibility index (Phi) is 17.4. The molecule has 0 saturated carbocycles. The summed E-state index contributed by atoms with van der Waals surface area (Å²) < 4.78 is 10.1. The third-order valence-electron chi connectivity index (χ3n) is 6.42.